The molecule has 0 aliphatic rings. The standard InChI is InChI=1S/C18H13ClN2OS2/c1-3-10-21-14-9-8-12(19)11-16(14)24-18(21)20-17(22)13-6-4-5-7-15(13)23-2/h1,4-9,11H,10H2,2H3. The third-order valence-corrected chi connectivity index (χ3v) is 5.50. The van der Waals surface area contributed by atoms with Gasteiger partial charge in [0.15, 0.2) is 4.80 Å². The number of aromatic nitrogens is 1. The van der Waals surface area contributed by atoms with Gasteiger partial charge in [0.1, 0.15) is 0 Å². The Morgan fingerprint density at radius 3 is 2.92 bits per heavy atom. The van der Waals surface area contributed by atoms with E-state index in [1.807, 2.05) is 41.2 Å². The largest absolute Gasteiger partial charge is 0.305 e. The fraction of sp³-hybridized carbons (Fsp3) is 0.111. The van der Waals surface area contributed by atoms with Crippen molar-refractivity contribution in [3.63, 3.8) is 0 Å². The molecule has 1 heterocycles. The number of nitrogens with zero attached hydrogens (tertiary/aromatic N) is 2. The highest BCUT2D eigenvalue weighted by molar-refractivity contribution is 7.98. The summed E-state index contributed by atoms with van der Waals surface area (Å²) in [4.78, 5) is 18.4. The van der Waals surface area contributed by atoms with Crippen LogP contribution >= 0.6 is 34.7 Å². The topological polar surface area (TPSA) is 34.4 Å². The number of carbonyl (C=O) groups is 1. The van der Waals surface area contributed by atoms with Crippen molar-refractivity contribution in [3.05, 3.63) is 57.9 Å². The molecule has 0 saturated carbocycles. The molecule has 120 valence electrons. The number of rotatable bonds is 3. The van der Waals surface area contributed by atoms with E-state index in [0.29, 0.717) is 21.9 Å². The van der Waals surface area contributed by atoms with Crippen LogP contribution in [-0.4, -0.2) is 16.7 Å². The molecule has 0 atom stereocenters. The van der Waals surface area contributed by atoms with Gasteiger partial charge in [-0.3, -0.25) is 4.79 Å². The number of amides is 1. The summed E-state index contributed by atoms with van der Waals surface area (Å²) >= 11 is 8.98. The van der Waals surface area contributed by atoms with E-state index in [0.717, 1.165) is 15.1 Å². The Balaban J connectivity index is 2.17. The Bertz CT molecular complexity index is 1030. The van der Waals surface area contributed by atoms with Gasteiger partial charge in [-0.05, 0) is 36.6 Å². The number of thioether (sulfide) groups is 1. The third kappa shape index (κ3) is 3.27. The van der Waals surface area contributed by atoms with Crippen LogP contribution < -0.4 is 4.80 Å². The van der Waals surface area contributed by atoms with Gasteiger partial charge in [0, 0.05) is 9.92 Å². The van der Waals surface area contributed by atoms with Gasteiger partial charge in [0.25, 0.3) is 5.91 Å². The number of fused-ring (bicyclic) bond motifs is 1. The van der Waals surface area contributed by atoms with Crippen LogP contribution in [-0.2, 0) is 6.54 Å². The summed E-state index contributed by atoms with van der Waals surface area (Å²) in [5, 5.41) is 0.641. The van der Waals surface area contributed by atoms with Crippen molar-refractivity contribution in [2.75, 3.05) is 6.26 Å². The van der Waals surface area contributed by atoms with Crippen molar-refractivity contribution in [1.29, 1.82) is 0 Å². The van der Waals surface area contributed by atoms with Crippen LogP contribution in [0.1, 0.15) is 10.4 Å². The smallest absolute Gasteiger partial charge is 0.280 e. The Hall–Kier alpha value is -2.00. The maximum Gasteiger partial charge on any atom is 0.280 e. The first-order valence-electron chi connectivity index (χ1n) is 7.08. The molecule has 3 aromatic rings. The number of terminal acetylenes is 1. The van der Waals surface area contributed by atoms with Crippen LogP contribution in [0.4, 0.5) is 0 Å². The molecule has 0 unspecified atom stereocenters. The number of hydrogen-bond acceptors (Lipinski definition) is 3. The molecule has 1 amide bonds. The fourth-order valence-corrected chi connectivity index (χ4v) is 4.24. The second-order valence-electron chi connectivity index (χ2n) is 4.90. The molecule has 0 aliphatic heterocycles. The number of thiazole rings is 1. The maximum absolute atomic E-state index is 12.6. The van der Waals surface area contributed by atoms with E-state index in [9.17, 15) is 4.79 Å². The summed E-state index contributed by atoms with van der Waals surface area (Å²) in [7, 11) is 0. The lowest BCUT2D eigenvalue weighted by Crippen LogP contribution is -2.16. The molecular formula is C18H13ClN2OS2. The molecule has 0 radical (unpaired) electrons. The van der Waals surface area contributed by atoms with E-state index in [-0.39, 0.29) is 5.91 Å². The second kappa shape index (κ2) is 7.27. The van der Waals surface area contributed by atoms with Crippen LogP contribution in [0, 0.1) is 12.3 Å². The molecule has 1 aromatic heterocycles. The quantitative estimate of drug-likeness (QED) is 0.502. The first-order valence-corrected chi connectivity index (χ1v) is 9.50. The van der Waals surface area contributed by atoms with Crippen LogP contribution in [0.5, 0.6) is 0 Å². The Morgan fingerprint density at radius 1 is 1.38 bits per heavy atom. The predicted molar refractivity (Wildman–Crippen MR) is 102 cm³/mol. The summed E-state index contributed by atoms with van der Waals surface area (Å²) in [6, 6.07) is 13.0. The molecule has 0 bridgehead atoms. The zero-order chi connectivity index (χ0) is 17.1. The fourth-order valence-electron chi connectivity index (χ4n) is 2.34. The van der Waals surface area contributed by atoms with Gasteiger partial charge < -0.3 is 4.57 Å². The van der Waals surface area contributed by atoms with Gasteiger partial charge in [-0.15, -0.1) is 18.2 Å². The lowest BCUT2D eigenvalue weighted by atomic mass is 10.2. The summed E-state index contributed by atoms with van der Waals surface area (Å²) in [6.45, 7) is 0.345. The van der Waals surface area contributed by atoms with Gasteiger partial charge in [0.05, 0.1) is 22.3 Å². The molecule has 0 fully saturated rings. The van der Waals surface area contributed by atoms with E-state index in [1.165, 1.54) is 23.1 Å². The van der Waals surface area contributed by atoms with Crippen molar-refractivity contribution in [1.82, 2.24) is 4.57 Å². The Labute approximate surface area is 153 Å². The average Bonchev–Trinajstić information content (AvgIpc) is 2.91. The third-order valence-electron chi connectivity index (χ3n) is 3.43. The van der Waals surface area contributed by atoms with Gasteiger partial charge in [-0.2, -0.15) is 4.99 Å². The summed E-state index contributed by atoms with van der Waals surface area (Å²) < 4.78 is 2.80. The SMILES string of the molecule is C#CCn1c(=NC(=O)c2ccccc2SC)sc2cc(Cl)ccc21. The number of halogens is 1. The van der Waals surface area contributed by atoms with Crippen molar-refractivity contribution in [2.45, 2.75) is 11.4 Å². The Morgan fingerprint density at radius 2 is 2.17 bits per heavy atom. The van der Waals surface area contributed by atoms with E-state index in [2.05, 4.69) is 10.9 Å². The first-order chi connectivity index (χ1) is 11.6. The van der Waals surface area contributed by atoms with Crippen molar-refractivity contribution < 1.29 is 4.79 Å². The lowest BCUT2D eigenvalue weighted by molar-refractivity contribution is 0.0995. The van der Waals surface area contributed by atoms with E-state index < -0.39 is 0 Å². The molecular weight excluding hydrogens is 360 g/mol. The molecule has 0 aliphatic carbocycles. The normalized spacial score (nSPS) is 11.6. The van der Waals surface area contributed by atoms with E-state index in [4.69, 9.17) is 18.0 Å². The minimum absolute atomic E-state index is 0.275. The van der Waals surface area contributed by atoms with Crippen LogP contribution in [0.25, 0.3) is 10.2 Å². The molecule has 3 nitrogen and oxygen atoms in total. The summed E-state index contributed by atoms with van der Waals surface area (Å²) in [6.07, 6.45) is 7.41. The second-order valence-corrected chi connectivity index (χ2v) is 7.20. The zero-order valence-corrected chi connectivity index (χ0v) is 15.2. The average molecular weight is 373 g/mol. The number of carbonyl (C=O) groups excluding carboxylic acids is 1. The monoisotopic (exact) mass is 372 g/mol. The molecule has 0 saturated heterocycles. The predicted octanol–water partition coefficient (Wildman–Crippen LogP) is 4.45. The summed E-state index contributed by atoms with van der Waals surface area (Å²) in [5.41, 5.74) is 1.51. The highest BCUT2D eigenvalue weighted by Crippen LogP contribution is 2.23. The van der Waals surface area contributed by atoms with Crippen LogP contribution in [0.2, 0.25) is 5.02 Å². The van der Waals surface area contributed by atoms with Crippen molar-refractivity contribution in [3.8, 4) is 12.3 Å². The molecule has 0 spiro atoms. The van der Waals surface area contributed by atoms with Gasteiger partial charge in [-0.25, -0.2) is 0 Å². The number of benzene rings is 2. The van der Waals surface area contributed by atoms with Gasteiger partial charge in [0.2, 0.25) is 0 Å². The zero-order valence-electron chi connectivity index (χ0n) is 12.8. The minimum atomic E-state index is -0.275. The molecule has 24 heavy (non-hydrogen) atoms. The van der Waals surface area contributed by atoms with Gasteiger partial charge >= 0.3 is 0 Å². The molecule has 2 aromatic carbocycles. The van der Waals surface area contributed by atoms with Crippen molar-refractivity contribution >= 4 is 50.8 Å². The Kier molecular flexibility index (Phi) is 5.10. The molecule has 0 N–H and O–H groups in total. The summed E-state index contributed by atoms with van der Waals surface area (Å²) in [5.74, 6) is 2.34. The molecule has 3 rings (SSSR count). The van der Waals surface area contributed by atoms with Crippen LogP contribution in [0.15, 0.2) is 52.4 Å². The number of hydrogen-bond donors (Lipinski definition) is 0. The van der Waals surface area contributed by atoms with Crippen LogP contribution in [0.3, 0.4) is 0 Å². The van der Waals surface area contributed by atoms with E-state index >= 15 is 0 Å². The highest BCUT2D eigenvalue weighted by atomic mass is 35.5. The first kappa shape index (κ1) is 16.8. The van der Waals surface area contributed by atoms with Crippen molar-refractivity contribution in [2.24, 2.45) is 4.99 Å². The van der Waals surface area contributed by atoms with E-state index in [1.54, 1.807) is 12.1 Å². The maximum atomic E-state index is 12.6. The highest BCUT2D eigenvalue weighted by Gasteiger charge is 2.12. The van der Waals surface area contributed by atoms with Gasteiger partial charge in [-0.1, -0.05) is 41.0 Å². The lowest BCUT2D eigenvalue weighted by Gasteiger charge is -2.03. The molecule has 6 heteroatoms. The minimum Gasteiger partial charge on any atom is -0.305 e.